The highest BCUT2D eigenvalue weighted by Gasteiger charge is 2.68. The molecular weight excluding hydrogens is 512 g/mol. The number of anilines is 1. The van der Waals surface area contributed by atoms with Crippen molar-refractivity contribution in [1.82, 2.24) is 10.3 Å². The topological polar surface area (TPSA) is 146 Å². The third-order valence-electron chi connectivity index (χ3n) is 7.81. The summed E-state index contributed by atoms with van der Waals surface area (Å²) in [7, 11) is 0. The second-order valence-corrected chi connectivity index (χ2v) is 10.0. The van der Waals surface area contributed by atoms with Gasteiger partial charge in [-0.15, -0.1) is 0 Å². The Morgan fingerprint density at radius 2 is 1.77 bits per heavy atom. The number of fused-ring (bicyclic) bond motifs is 2. The molecule has 10 nitrogen and oxygen atoms in total. The van der Waals surface area contributed by atoms with Crippen molar-refractivity contribution in [2.45, 2.75) is 18.0 Å². The molecule has 3 heterocycles. The number of carboxylic acids is 1. The summed E-state index contributed by atoms with van der Waals surface area (Å²) in [4.78, 5) is 55.9. The van der Waals surface area contributed by atoms with Crippen molar-refractivity contribution >= 4 is 46.1 Å². The van der Waals surface area contributed by atoms with Gasteiger partial charge in [-0.2, -0.15) is 0 Å². The van der Waals surface area contributed by atoms with Crippen LogP contribution in [-0.4, -0.2) is 44.4 Å². The number of para-hydroxylation sites is 1. The number of rotatable bonds is 7. The third-order valence-corrected chi connectivity index (χ3v) is 7.81. The number of imide groups is 1. The number of amides is 2. The summed E-state index contributed by atoms with van der Waals surface area (Å²) in [6.45, 7) is 0. The molecule has 0 bridgehead atoms. The summed E-state index contributed by atoms with van der Waals surface area (Å²) in [6, 6.07) is 21.2. The van der Waals surface area contributed by atoms with Gasteiger partial charge in [0.05, 0.1) is 22.4 Å². The molecule has 0 saturated carbocycles. The maximum absolute atomic E-state index is 14.0. The summed E-state index contributed by atoms with van der Waals surface area (Å²) in [5.41, 5.74) is 0.292. The summed E-state index contributed by atoms with van der Waals surface area (Å²) in [5.74, 6) is -4.86. The zero-order chi connectivity index (χ0) is 28.0. The number of aromatic nitrogens is 1. The van der Waals surface area contributed by atoms with Gasteiger partial charge in [0.25, 0.3) is 5.69 Å². The number of H-pyrrole nitrogens is 1. The molecule has 2 aliphatic rings. The first-order valence-electron chi connectivity index (χ1n) is 12.7. The van der Waals surface area contributed by atoms with Crippen LogP contribution >= 0.6 is 0 Å². The second kappa shape index (κ2) is 9.58. The number of nitrogens with zero attached hydrogens (tertiary/aromatic N) is 2. The molecule has 200 valence electrons. The van der Waals surface area contributed by atoms with Gasteiger partial charge in [0, 0.05) is 41.7 Å². The molecule has 10 heteroatoms. The average Bonchev–Trinajstić information content (AvgIpc) is 3.60. The van der Waals surface area contributed by atoms with Crippen molar-refractivity contribution in [3.8, 4) is 0 Å². The van der Waals surface area contributed by atoms with E-state index in [1.807, 2.05) is 54.6 Å². The van der Waals surface area contributed by atoms with Gasteiger partial charge in [0.1, 0.15) is 5.54 Å². The zero-order valence-corrected chi connectivity index (χ0v) is 21.1. The van der Waals surface area contributed by atoms with Crippen LogP contribution in [-0.2, 0) is 20.8 Å². The van der Waals surface area contributed by atoms with Crippen molar-refractivity contribution in [2.24, 2.45) is 11.8 Å². The number of carboxylic acid groups (broad SMARTS) is 1. The van der Waals surface area contributed by atoms with E-state index in [2.05, 4.69) is 10.3 Å². The minimum absolute atomic E-state index is 0.0378. The molecule has 2 fully saturated rings. The monoisotopic (exact) mass is 536 g/mol. The molecule has 2 aliphatic heterocycles. The molecular formula is C30H24N4O6. The molecule has 6 rings (SSSR count). The molecule has 3 aromatic carbocycles. The van der Waals surface area contributed by atoms with Crippen LogP contribution in [0.15, 0.2) is 91.1 Å². The summed E-state index contributed by atoms with van der Waals surface area (Å²) >= 11 is 0. The van der Waals surface area contributed by atoms with Gasteiger partial charge in [-0.05, 0) is 23.3 Å². The number of carbonyl (C=O) groups is 3. The lowest BCUT2D eigenvalue weighted by atomic mass is 9.76. The van der Waals surface area contributed by atoms with Gasteiger partial charge in [-0.25, -0.2) is 4.90 Å². The Hall–Kier alpha value is -5.09. The van der Waals surface area contributed by atoms with Crippen molar-refractivity contribution in [1.29, 1.82) is 0 Å². The Labute approximate surface area is 228 Å². The molecule has 0 aliphatic carbocycles. The minimum atomic E-state index is -1.82. The Bertz CT molecular complexity index is 1700. The van der Waals surface area contributed by atoms with Crippen LogP contribution in [0.2, 0.25) is 0 Å². The Kier molecular flexibility index (Phi) is 6.04. The first-order chi connectivity index (χ1) is 19.3. The fourth-order valence-electron chi connectivity index (χ4n) is 6.00. The number of aromatic amines is 1. The molecule has 4 atom stereocenters. The lowest BCUT2D eigenvalue weighted by Crippen LogP contribution is -2.58. The summed E-state index contributed by atoms with van der Waals surface area (Å²) in [5, 5.41) is 26.1. The molecule has 2 amide bonds. The van der Waals surface area contributed by atoms with E-state index >= 15 is 0 Å². The van der Waals surface area contributed by atoms with Crippen LogP contribution in [0.3, 0.4) is 0 Å². The third kappa shape index (κ3) is 3.97. The Balaban J connectivity index is 1.47. The molecule has 2 saturated heterocycles. The first-order valence-corrected chi connectivity index (χ1v) is 12.7. The highest BCUT2D eigenvalue weighted by atomic mass is 16.6. The maximum atomic E-state index is 14.0. The molecule has 0 radical (unpaired) electrons. The van der Waals surface area contributed by atoms with Crippen molar-refractivity contribution in [2.75, 3.05) is 4.90 Å². The van der Waals surface area contributed by atoms with Crippen LogP contribution in [0.25, 0.3) is 17.0 Å². The van der Waals surface area contributed by atoms with E-state index in [1.165, 1.54) is 18.2 Å². The van der Waals surface area contributed by atoms with Crippen molar-refractivity contribution in [3.63, 3.8) is 0 Å². The fraction of sp³-hybridized carbons (Fsp3) is 0.167. The van der Waals surface area contributed by atoms with Crippen LogP contribution in [0.4, 0.5) is 11.4 Å². The molecule has 0 spiro atoms. The van der Waals surface area contributed by atoms with Gasteiger partial charge >= 0.3 is 5.97 Å². The van der Waals surface area contributed by atoms with E-state index in [0.717, 1.165) is 27.4 Å². The van der Waals surface area contributed by atoms with Gasteiger partial charge in [-0.1, -0.05) is 66.7 Å². The van der Waals surface area contributed by atoms with Gasteiger partial charge in [0.2, 0.25) is 11.8 Å². The van der Waals surface area contributed by atoms with Crippen LogP contribution in [0, 0.1) is 22.0 Å². The second-order valence-electron chi connectivity index (χ2n) is 10.0. The summed E-state index contributed by atoms with van der Waals surface area (Å²) in [6.07, 6.45) is 5.16. The van der Waals surface area contributed by atoms with E-state index < -0.39 is 46.1 Å². The molecule has 4 unspecified atom stereocenters. The number of hydrogen-bond donors (Lipinski definition) is 3. The number of nitrogens with one attached hydrogen (secondary N) is 2. The van der Waals surface area contributed by atoms with Crippen LogP contribution in [0.1, 0.15) is 11.1 Å². The quantitative estimate of drug-likeness (QED) is 0.184. The van der Waals surface area contributed by atoms with E-state index in [9.17, 15) is 29.6 Å². The normalized spacial score (nSPS) is 24.2. The standard InChI is InChI=1S/C30H24N4O6/c35-27-25-24(14-13-18-7-2-1-3-8-18)32-30(29(37)38,16-19-17-31-23-12-5-4-11-22(19)23)26(25)28(36)33(27)20-9-6-10-21(15-20)34(39)40/h1-15,17,24-26,31-32H,16H2,(H,37,38). The predicted octanol–water partition coefficient (Wildman–Crippen LogP) is 3.93. The number of benzene rings is 3. The molecule has 4 aromatic rings. The number of nitro groups is 1. The predicted molar refractivity (Wildman–Crippen MR) is 147 cm³/mol. The van der Waals surface area contributed by atoms with E-state index in [-0.39, 0.29) is 17.8 Å². The Morgan fingerprint density at radius 1 is 1.02 bits per heavy atom. The van der Waals surface area contributed by atoms with Crippen LogP contribution < -0.4 is 10.2 Å². The number of non-ortho nitro benzene ring substituents is 1. The lowest BCUT2D eigenvalue weighted by molar-refractivity contribution is -0.384. The van der Waals surface area contributed by atoms with Crippen molar-refractivity contribution in [3.05, 3.63) is 112 Å². The number of nitro benzene ring substituents is 1. The smallest absolute Gasteiger partial charge is 0.325 e. The van der Waals surface area contributed by atoms with Crippen molar-refractivity contribution < 1.29 is 24.4 Å². The van der Waals surface area contributed by atoms with E-state index in [1.54, 1.807) is 18.3 Å². The lowest BCUT2D eigenvalue weighted by Gasteiger charge is -2.30. The van der Waals surface area contributed by atoms with Gasteiger partial charge in [0.15, 0.2) is 0 Å². The Morgan fingerprint density at radius 3 is 2.52 bits per heavy atom. The highest BCUT2D eigenvalue weighted by molar-refractivity contribution is 6.24. The molecule has 1 aromatic heterocycles. The number of aliphatic carboxylic acids is 1. The average molecular weight is 537 g/mol. The van der Waals surface area contributed by atoms with Crippen LogP contribution in [0.5, 0.6) is 0 Å². The minimum Gasteiger partial charge on any atom is -0.480 e. The molecule has 3 N–H and O–H groups in total. The van der Waals surface area contributed by atoms with Gasteiger partial charge in [-0.3, -0.25) is 29.8 Å². The highest BCUT2D eigenvalue weighted by Crippen LogP contribution is 2.47. The fourth-order valence-corrected chi connectivity index (χ4v) is 6.00. The largest absolute Gasteiger partial charge is 0.480 e. The molecule has 40 heavy (non-hydrogen) atoms. The number of carbonyl (C=O) groups excluding carboxylic acids is 2. The van der Waals surface area contributed by atoms with E-state index in [4.69, 9.17) is 0 Å². The maximum Gasteiger partial charge on any atom is 0.325 e. The first kappa shape index (κ1) is 25.2. The summed E-state index contributed by atoms with van der Waals surface area (Å²) < 4.78 is 0. The number of hydrogen-bond acceptors (Lipinski definition) is 6. The SMILES string of the molecule is O=C1C2C(C=Cc3ccccc3)NC(Cc3c[nH]c4ccccc34)(C(=O)O)C2C(=O)N1c1cccc([N+](=O)[O-])c1. The zero-order valence-electron chi connectivity index (χ0n) is 21.1. The van der Waals surface area contributed by atoms with E-state index in [0.29, 0.717) is 5.56 Å². The van der Waals surface area contributed by atoms with Gasteiger partial charge < -0.3 is 10.1 Å².